The number of anilines is 2. The first kappa shape index (κ1) is 12.0. The van der Waals surface area contributed by atoms with Crippen molar-refractivity contribution in [2.75, 3.05) is 24.2 Å². The van der Waals surface area contributed by atoms with Crippen molar-refractivity contribution < 1.29 is 9.50 Å². The monoisotopic (exact) mass is 240 g/mol. The van der Waals surface area contributed by atoms with Gasteiger partial charge in [-0.1, -0.05) is 12.8 Å². The molecule has 4 N–H and O–H groups in total. The molecule has 0 saturated heterocycles. The lowest BCUT2D eigenvalue weighted by Crippen LogP contribution is -2.31. The zero-order chi connectivity index (χ0) is 12.3. The Morgan fingerprint density at radius 3 is 2.82 bits per heavy atom. The van der Waals surface area contributed by atoms with Crippen molar-refractivity contribution >= 4 is 11.8 Å². The Bertz CT molecular complexity index is 393. The maximum absolute atomic E-state index is 13.4. The second-order valence-electron chi connectivity index (χ2n) is 4.64. The highest BCUT2D eigenvalue weighted by Gasteiger charge is 2.33. The summed E-state index contributed by atoms with van der Waals surface area (Å²) in [5, 5.41) is 12.3. The number of aliphatic hydroxyl groups excluding tert-OH is 1. The maximum atomic E-state index is 13.4. The number of nitrogens with zero attached hydrogens (tertiary/aromatic N) is 2. The second-order valence-corrected chi connectivity index (χ2v) is 4.64. The summed E-state index contributed by atoms with van der Waals surface area (Å²) in [4.78, 5) is 7.36. The Kier molecular flexibility index (Phi) is 3.42. The van der Waals surface area contributed by atoms with Gasteiger partial charge in [-0.2, -0.15) is 4.98 Å². The molecule has 1 heterocycles. The number of aromatic nitrogens is 2. The highest BCUT2D eigenvalue weighted by atomic mass is 19.1. The van der Waals surface area contributed by atoms with Crippen LogP contribution >= 0.6 is 0 Å². The summed E-state index contributed by atoms with van der Waals surface area (Å²) in [7, 11) is 0. The van der Waals surface area contributed by atoms with Gasteiger partial charge < -0.3 is 16.2 Å². The van der Waals surface area contributed by atoms with E-state index in [2.05, 4.69) is 15.3 Å². The Labute approximate surface area is 99.3 Å². The molecule has 1 aliphatic carbocycles. The predicted octanol–water partition coefficient (Wildman–Crippen LogP) is 1.16. The van der Waals surface area contributed by atoms with Gasteiger partial charge in [0.1, 0.15) is 0 Å². The van der Waals surface area contributed by atoms with Crippen molar-refractivity contribution in [2.24, 2.45) is 5.41 Å². The van der Waals surface area contributed by atoms with Crippen molar-refractivity contribution in [3.8, 4) is 0 Å². The van der Waals surface area contributed by atoms with Gasteiger partial charge in [0.2, 0.25) is 5.95 Å². The van der Waals surface area contributed by atoms with Gasteiger partial charge in [-0.05, 0) is 12.8 Å². The zero-order valence-electron chi connectivity index (χ0n) is 9.62. The van der Waals surface area contributed by atoms with Crippen LogP contribution in [0.25, 0.3) is 0 Å². The first-order chi connectivity index (χ1) is 8.15. The molecule has 0 spiro atoms. The van der Waals surface area contributed by atoms with Crippen LogP contribution in [-0.4, -0.2) is 28.2 Å². The first-order valence-corrected chi connectivity index (χ1v) is 5.78. The number of rotatable bonds is 4. The summed E-state index contributed by atoms with van der Waals surface area (Å²) in [6.45, 7) is 0.624. The van der Waals surface area contributed by atoms with Crippen LogP contribution < -0.4 is 11.1 Å². The van der Waals surface area contributed by atoms with Gasteiger partial charge >= 0.3 is 0 Å². The third-order valence-electron chi connectivity index (χ3n) is 3.39. The summed E-state index contributed by atoms with van der Waals surface area (Å²) in [6.07, 6.45) is 5.18. The molecule has 0 bridgehead atoms. The SMILES string of the molecule is Nc1ncc(F)c(NCC2(CO)CCCC2)n1. The standard InChI is InChI=1S/C11H17FN4O/c12-8-5-14-10(13)16-9(8)15-6-11(7-17)3-1-2-4-11/h5,17H,1-4,6-7H2,(H3,13,14,15,16). The summed E-state index contributed by atoms with van der Waals surface area (Å²) < 4.78 is 13.4. The topological polar surface area (TPSA) is 84.1 Å². The van der Waals surface area contributed by atoms with E-state index >= 15 is 0 Å². The van der Waals surface area contributed by atoms with Crippen LogP contribution in [0.3, 0.4) is 0 Å². The molecule has 1 aromatic rings. The molecule has 0 aromatic carbocycles. The first-order valence-electron chi connectivity index (χ1n) is 5.78. The lowest BCUT2D eigenvalue weighted by molar-refractivity contribution is 0.142. The second kappa shape index (κ2) is 4.83. The van der Waals surface area contributed by atoms with Gasteiger partial charge in [0, 0.05) is 12.0 Å². The van der Waals surface area contributed by atoms with E-state index < -0.39 is 5.82 Å². The number of aliphatic hydroxyl groups is 1. The minimum Gasteiger partial charge on any atom is -0.396 e. The minimum atomic E-state index is -0.523. The third kappa shape index (κ3) is 2.63. The van der Waals surface area contributed by atoms with Crippen LogP contribution in [0.15, 0.2) is 6.20 Å². The Morgan fingerprint density at radius 2 is 2.18 bits per heavy atom. The molecular formula is C11H17FN4O. The van der Waals surface area contributed by atoms with Crippen LogP contribution in [-0.2, 0) is 0 Å². The van der Waals surface area contributed by atoms with Crippen LogP contribution in [0.2, 0.25) is 0 Å². The average Bonchev–Trinajstić information content (AvgIpc) is 2.80. The van der Waals surface area contributed by atoms with Crippen molar-refractivity contribution in [2.45, 2.75) is 25.7 Å². The summed E-state index contributed by atoms with van der Waals surface area (Å²) in [5.41, 5.74) is 5.25. The van der Waals surface area contributed by atoms with Crippen molar-refractivity contribution in [3.05, 3.63) is 12.0 Å². The van der Waals surface area contributed by atoms with E-state index in [1.54, 1.807) is 0 Å². The Hall–Kier alpha value is -1.43. The lowest BCUT2D eigenvalue weighted by atomic mass is 9.87. The average molecular weight is 240 g/mol. The van der Waals surface area contributed by atoms with Gasteiger partial charge in [0.05, 0.1) is 12.8 Å². The molecule has 1 saturated carbocycles. The molecule has 2 rings (SSSR count). The predicted molar refractivity (Wildman–Crippen MR) is 62.9 cm³/mol. The van der Waals surface area contributed by atoms with E-state index in [0.717, 1.165) is 31.9 Å². The van der Waals surface area contributed by atoms with Crippen LogP contribution in [0.1, 0.15) is 25.7 Å². The number of nitrogen functional groups attached to an aromatic ring is 1. The highest BCUT2D eigenvalue weighted by Crippen LogP contribution is 2.37. The number of halogens is 1. The van der Waals surface area contributed by atoms with E-state index in [9.17, 15) is 9.50 Å². The van der Waals surface area contributed by atoms with Crippen molar-refractivity contribution in [1.82, 2.24) is 9.97 Å². The largest absolute Gasteiger partial charge is 0.396 e. The maximum Gasteiger partial charge on any atom is 0.222 e. The van der Waals surface area contributed by atoms with Crippen molar-refractivity contribution in [3.63, 3.8) is 0 Å². The molecule has 94 valence electrons. The molecule has 1 fully saturated rings. The van der Waals surface area contributed by atoms with E-state index in [1.807, 2.05) is 0 Å². The van der Waals surface area contributed by atoms with Gasteiger partial charge in [-0.15, -0.1) is 0 Å². The Balaban J connectivity index is 2.03. The van der Waals surface area contributed by atoms with E-state index in [1.165, 1.54) is 0 Å². The normalized spacial score (nSPS) is 18.2. The van der Waals surface area contributed by atoms with Crippen LogP contribution in [0.4, 0.5) is 16.2 Å². The molecule has 0 amide bonds. The molecule has 0 atom stereocenters. The van der Waals surface area contributed by atoms with E-state index in [-0.39, 0.29) is 23.8 Å². The quantitative estimate of drug-likeness (QED) is 0.735. The molecule has 5 nitrogen and oxygen atoms in total. The highest BCUT2D eigenvalue weighted by molar-refractivity contribution is 5.39. The zero-order valence-corrected chi connectivity index (χ0v) is 9.62. The number of hydrogen-bond acceptors (Lipinski definition) is 5. The fourth-order valence-electron chi connectivity index (χ4n) is 2.29. The fourth-order valence-corrected chi connectivity index (χ4v) is 2.29. The van der Waals surface area contributed by atoms with E-state index in [4.69, 9.17) is 5.73 Å². The van der Waals surface area contributed by atoms with Crippen LogP contribution in [0.5, 0.6) is 0 Å². The number of nitrogens with one attached hydrogen (secondary N) is 1. The minimum absolute atomic E-state index is 0.0402. The molecule has 1 aliphatic rings. The molecule has 17 heavy (non-hydrogen) atoms. The molecule has 1 aromatic heterocycles. The summed E-state index contributed by atoms with van der Waals surface area (Å²) in [6, 6.07) is 0. The molecule has 0 aliphatic heterocycles. The lowest BCUT2D eigenvalue weighted by Gasteiger charge is -2.26. The van der Waals surface area contributed by atoms with Gasteiger partial charge in [0.15, 0.2) is 11.6 Å². The smallest absolute Gasteiger partial charge is 0.222 e. The molecular weight excluding hydrogens is 223 g/mol. The molecule has 0 unspecified atom stereocenters. The number of nitrogens with two attached hydrogens (primary N) is 1. The number of hydrogen-bond donors (Lipinski definition) is 3. The third-order valence-corrected chi connectivity index (χ3v) is 3.39. The van der Waals surface area contributed by atoms with E-state index in [0.29, 0.717) is 6.54 Å². The molecule has 6 heteroatoms. The van der Waals surface area contributed by atoms with Gasteiger partial charge in [-0.3, -0.25) is 0 Å². The van der Waals surface area contributed by atoms with Gasteiger partial charge in [-0.25, -0.2) is 9.37 Å². The summed E-state index contributed by atoms with van der Waals surface area (Å²) in [5.74, 6) is -0.374. The fraction of sp³-hybridized carbons (Fsp3) is 0.636. The Morgan fingerprint density at radius 1 is 1.47 bits per heavy atom. The van der Waals surface area contributed by atoms with Crippen LogP contribution in [0, 0.1) is 11.2 Å². The van der Waals surface area contributed by atoms with Crippen molar-refractivity contribution in [1.29, 1.82) is 0 Å². The summed E-state index contributed by atoms with van der Waals surface area (Å²) >= 11 is 0. The molecule has 0 radical (unpaired) electrons. The van der Waals surface area contributed by atoms with Gasteiger partial charge in [0.25, 0.3) is 0 Å².